The zero-order valence-electron chi connectivity index (χ0n) is 8.49. The molecule has 0 radical (unpaired) electrons. The van der Waals surface area contributed by atoms with E-state index in [1.54, 1.807) is 4.57 Å². The SMILES string of the molecule is CCCn1c(SC[C@@H](C)N)n[nH]c1=O. The third-order valence-electron chi connectivity index (χ3n) is 1.65. The van der Waals surface area contributed by atoms with Crippen molar-refractivity contribution in [1.29, 1.82) is 0 Å². The van der Waals surface area contributed by atoms with Crippen molar-refractivity contribution in [3.8, 4) is 0 Å². The second-order valence-corrected chi connectivity index (χ2v) is 4.24. The van der Waals surface area contributed by atoms with Gasteiger partial charge in [0, 0.05) is 18.3 Å². The third-order valence-corrected chi connectivity index (χ3v) is 2.91. The average Bonchev–Trinajstić information content (AvgIpc) is 2.46. The molecule has 0 aliphatic carbocycles. The predicted octanol–water partition coefficient (Wildman–Crippen LogP) is 0.421. The van der Waals surface area contributed by atoms with Crippen LogP contribution in [-0.4, -0.2) is 26.6 Å². The van der Waals surface area contributed by atoms with E-state index in [1.165, 1.54) is 11.8 Å². The van der Waals surface area contributed by atoms with Gasteiger partial charge in [-0.25, -0.2) is 9.89 Å². The molecule has 0 aromatic carbocycles. The summed E-state index contributed by atoms with van der Waals surface area (Å²) < 4.78 is 1.65. The van der Waals surface area contributed by atoms with Gasteiger partial charge in [-0.05, 0) is 13.3 Å². The van der Waals surface area contributed by atoms with Crippen molar-refractivity contribution in [3.05, 3.63) is 10.5 Å². The van der Waals surface area contributed by atoms with E-state index in [0.29, 0.717) is 6.54 Å². The predicted molar refractivity (Wildman–Crippen MR) is 57.5 cm³/mol. The maximum absolute atomic E-state index is 11.3. The minimum atomic E-state index is -0.140. The lowest BCUT2D eigenvalue weighted by Crippen LogP contribution is -2.20. The van der Waals surface area contributed by atoms with Gasteiger partial charge in [0.1, 0.15) is 0 Å². The van der Waals surface area contributed by atoms with Gasteiger partial charge in [0.25, 0.3) is 0 Å². The molecule has 0 aliphatic rings. The Kier molecular flexibility index (Phi) is 4.21. The van der Waals surface area contributed by atoms with Crippen LogP contribution in [0.5, 0.6) is 0 Å². The monoisotopic (exact) mass is 216 g/mol. The summed E-state index contributed by atoms with van der Waals surface area (Å²) in [6.07, 6.45) is 0.922. The number of aromatic nitrogens is 3. The highest BCUT2D eigenvalue weighted by Crippen LogP contribution is 2.13. The van der Waals surface area contributed by atoms with Gasteiger partial charge in [-0.1, -0.05) is 18.7 Å². The van der Waals surface area contributed by atoms with Gasteiger partial charge in [0.2, 0.25) is 0 Å². The second-order valence-electron chi connectivity index (χ2n) is 3.25. The van der Waals surface area contributed by atoms with E-state index in [1.807, 2.05) is 13.8 Å². The van der Waals surface area contributed by atoms with Crippen LogP contribution < -0.4 is 11.4 Å². The average molecular weight is 216 g/mol. The van der Waals surface area contributed by atoms with Crippen LogP contribution in [-0.2, 0) is 6.54 Å². The van der Waals surface area contributed by atoms with Crippen molar-refractivity contribution in [1.82, 2.24) is 14.8 Å². The molecule has 3 N–H and O–H groups in total. The molecule has 0 aliphatic heterocycles. The molecule has 0 saturated heterocycles. The van der Waals surface area contributed by atoms with Crippen LogP contribution >= 0.6 is 11.8 Å². The van der Waals surface area contributed by atoms with Crippen LogP contribution in [0.1, 0.15) is 20.3 Å². The van der Waals surface area contributed by atoms with Gasteiger partial charge in [0.05, 0.1) is 0 Å². The molecule has 0 spiro atoms. The molecule has 80 valence electrons. The Morgan fingerprint density at radius 3 is 3.00 bits per heavy atom. The molecular weight excluding hydrogens is 200 g/mol. The molecule has 0 fully saturated rings. The fourth-order valence-electron chi connectivity index (χ4n) is 1.04. The quantitative estimate of drug-likeness (QED) is 0.699. The third kappa shape index (κ3) is 2.88. The Morgan fingerprint density at radius 1 is 1.71 bits per heavy atom. The molecule has 1 atom stereocenters. The number of rotatable bonds is 5. The first-order chi connectivity index (χ1) is 6.65. The van der Waals surface area contributed by atoms with Crippen LogP contribution in [0.4, 0.5) is 0 Å². The summed E-state index contributed by atoms with van der Waals surface area (Å²) in [5.74, 6) is 0.772. The molecule has 5 nitrogen and oxygen atoms in total. The number of thioether (sulfide) groups is 1. The summed E-state index contributed by atoms with van der Waals surface area (Å²) in [4.78, 5) is 11.3. The number of hydrogen-bond acceptors (Lipinski definition) is 4. The molecule has 1 aromatic rings. The maximum Gasteiger partial charge on any atom is 0.343 e. The standard InChI is InChI=1S/C8H16N4OS/c1-3-4-12-7(13)10-11-8(12)14-5-6(2)9/h6H,3-5,9H2,1-2H3,(H,10,13)/t6-/m1/s1. The van der Waals surface area contributed by atoms with E-state index in [4.69, 9.17) is 5.73 Å². The molecule has 14 heavy (non-hydrogen) atoms. The Hall–Kier alpha value is -0.750. The number of aromatic amines is 1. The van der Waals surface area contributed by atoms with Gasteiger partial charge >= 0.3 is 5.69 Å². The van der Waals surface area contributed by atoms with Gasteiger partial charge in [-0.3, -0.25) is 4.57 Å². The van der Waals surface area contributed by atoms with Crippen molar-refractivity contribution in [2.24, 2.45) is 5.73 Å². The lowest BCUT2D eigenvalue weighted by atomic mass is 10.4. The van der Waals surface area contributed by atoms with E-state index in [9.17, 15) is 4.79 Å². The summed E-state index contributed by atoms with van der Waals surface area (Å²) in [7, 11) is 0. The van der Waals surface area contributed by atoms with Crippen LogP contribution in [0.3, 0.4) is 0 Å². The fraction of sp³-hybridized carbons (Fsp3) is 0.750. The van der Waals surface area contributed by atoms with E-state index in [-0.39, 0.29) is 11.7 Å². The van der Waals surface area contributed by atoms with Crippen molar-refractivity contribution < 1.29 is 0 Å². The highest BCUT2D eigenvalue weighted by molar-refractivity contribution is 7.99. The van der Waals surface area contributed by atoms with E-state index >= 15 is 0 Å². The van der Waals surface area contributed by atoms with Gasteiger partial charge in [-0.15, -0.1) is 5.10 Å². The maximum atomic E-state index is 11.3. The van der Waals surface area contributed by atoms with Gasteiger partial charge < -0.3 is 5.73 Å². The summed E-state index contributed by atoms with van der Waals surface area (Å²) in [5, 5.41) is 7.11. The van der Waals surface area contributed by atoms with E-state index in [0.717, 1.165) is 17.3 Å². The normalized spacial score (nSPS) is 13.1. The van der Waals surface area contributed by atoms with Crippen molar-refractivity contribution >= 4 is 11.8 Å². The number of hydrogen-bond donors (Lipinski definition) is 2. The van der Waals surface area contributed by atoms with Crippen LogP contribution in [0, 0.1) is 0 Å². The summed E-state index contributed by atoms with van der Waals surface area (Å²) in [5.41, 5.74) is 5.49. The molecule has 0 unspecified atom stereocenters. The molecule has 0 bridgehead atoms. The number of nitrogens with one attached hydrogen (secondary N) is 1. The lowest BCUT2D eigenvalue weighted by molar-refractivity contribution is 0.603. The highest BCUT2D eigenvalue weighted by atomic mass is 32.2. The lowest BCUT2D eigenvalue weighted by Gasteiger charge is -2.05. The number of nitrogens with two attached hydrogens (primary N) is 1. The smallest absolute Gasteiger partial charge is 0.327 e. The Morgan fingerprint density at radius 2 is 2.43 bits per heavy atom. The molecule has 6 heteroatoms. The first kappa shape index (κ1) is 11.3. The minimum Gasteiger partial charge on any atom is -0.327 e. The molecule has 0 amide bonds. The summed E-state index contributed by atoms with van der Waals surface area (Å²) >= 11 is 1.51. The number of H-pyrrole nitrogens is 1. The first-order valence-corrected chi connectivity index (χ1v) is 5.67. The Bertz CT molecular complexity index is 330. The van der Waals surface area contributed by atoms with E-state index in [2.05, 4.69) is 10.2 Å². The summed E-state index contributed by atoms with van der Waals surface area (Å²) in [6.45, 7) is 4.66. The van der Waals surface area contributed by atoms with Gasteiger partial charge in [-0.2, -0.15) is 0 Å². The second kappa shape index (κ2) is 5.21. The number of nitrogens with zero attached hydrogens (tertiary/aromatic N) is 2. The fourth-order valence-corrected chi connectivity index (χ4v) is 1.89. The zero-order valence-corrected chi connectivity index (χ0v) is 9.30. The first-order valence-electron chi connectivity index (χ1n) is 4.68. The van der Waals surface area contributed by atoms with E-state index < -0.39 is 0 Å². The molecular formula is C8H16N4OS. The van der Waals surface area contributed by atoms with Crippen molar-refractivity contribution in [3.63, 3.8) is 0 Å². The van der Waals surface area contributed by atoms with Crippen LogP contribution in [0.2, 0.25) is 0 Å². The van der Waals surface area contributed by atoms with Crippen LogP contribution in [0.25, 0.3) is 0 Å². The molecule has 1 rings (SSSR count). The Balaban J connectivity index is 2.70. The highest BCUT2D eigenvalue weighted by Gasteiger charge is 2.08. The van der Waals surface area contributed by atoms with Crippen molar-refractivity contribution in [2.45, 2.75) is 38.0 Å². The van der Waals surface area contributed by atoms with Gasteiger partial charge in [0.15, 0.2) is 5.16 Å². The summed E-state index contributed by atoms with van der Waals surface area (Å²) in [6, 6.07) is 0.113. The largest absolute Gasteiger partial charge is 0.343 e. The van der Waals surface area contributed by atoms with Crippen molar-refractivity contribution in [2.75, 3.05) is 5.75 Å². The Labute approximate surface area is 87.1 Å². The molecule has 1 aromatic heterocycles. The topological polar surface area (TPSA) is 76.7 Å². The minimum absolute atomic E-state index is 0.113. The molecule has 0 saturated carbocycles. The zero-order chi connectivity index (χ0) is 10.6. The van der Waals surface area contributed by atoms with Crippen LogP contribution in [0.15, 0.2) is 9.95 Å². The molecule has 1 heterocycles.